The first-order chi connectivity index (χ1) is 9.86. The third-order valence-corrected chi connectivity index (χ3v) is 3.67. The second-order valence-electron chi connectivity index (χ2n) is 4.98. The summed E-state index contributed by atoms with van der Waals surface area (Å²) in [6.07, 6.45) is 0. The maximum atomic E-state index is 8.96. The van der Waals surface area contributed by atoms with Crippen molar-refractivity contribution in [2.24, 2.45) is 0 Å². The van der Waals surface area contributed by atoms with Gasteiger partial charge in [-0.25, -0.2) is 0 Å². The summed E-state index contributed by atoms with van der Waals surface area (Å²) < 4.78 is 0. The zero-order valence-electron chi connectivity index (χ0n) is 11.3. The van der Waals surface area contributed by atoms with E-state index in [1.54, 1.807) is 0 Å². The lowest BCUT2D eigenvalue weighted by atomic mass is 10.0. The first kappa shape index (κ1) is 12.7. The Balaban J connectivity index is 1.83. The average Bonchev–Trinajstić information content (AvgIpc) is 2.56. The molecule has 0 spiro atoms. The lowest BCUT2D eigenvalue weighted by Crippen LogP contribution is -2.43. The minimum absolute atomic E-state index is 0.702. The number of hydrogen-bond donors (Lipinski definition) is 1. The van der Waals surface area contributed by atoms with Crippen LogP contribution in [0.2, 0.25) is 0 Å². The Morgan fingerprint density at radius 3 is 2.40 bits per heavy atom. The van der Waals surface area contributed by atoms with Crippen LogP contribution in [0, 0.1) is 11.3 Å². The van der Waals surface area contributed by atoms with Gasteiger partial charge in [0, 0.05) is 31.9 Å². The molecule has 1 saturated heterocycles. The summed E-state index contributed by atoms with van der Waals surface area (Å²) in [6, 6.07) is 18.5. The molecule has 1 fully saturated rings. The monoisotopic (exact) mass is 263 g/mol. The molecular weight excluding hydrogens is 246 g/mol. The van der Waals surface area contributed by atoms with Crippen LogP contribution >= 0.6 is 0 Å². The lowest BCUT2D eigenvalue weighted by Gasteiger charge is -2.29. The van der Waals surface area contributed by atoms with Crippen molar-refractivity contribution < 1.29 is 0 Å². The fourth-order valence-corrected chi connectivity index (χ4v) is 2.56. The van der Waals surface area contributed by atoms with Gasteiger partial charge >= 0.3 is 0 Å². The molecule has 3 heteroatoms. The van der Waals surface area contributed by atoms with E-state index in [4.69, 9.17) is 5.26 Å². The highest BCUT2D eigenvalue weighted by molar-refractivity contribution is 5.67. The van der Waals surface area contributed by atoms with Gasteiger partial charge in [-0.2, -0.15) is 5.26 Å². The Labute approximate surface area is 119 Å². The highest BCUT2D eigenvalue weighted by Gasteiger charge is 2.10. The van der Waals surface area contributed by atoms with Crippen LogP contribution in [-0.2, 0) is 0 Å². The normalized spacial score (nSPS) is 14.8. The average molecular weight is 263 g/mol. The largest absolute Gasteiger partial charge is 0.369 e. The van der Waals surface area contributed by atoms with Gasteiger partial charge in [0.1, 0.15) is 0 Å². The summed E-state index contributed by atoms with van der Waals surface area (Å²) in [4.78, 5) is 2.39. The standard InChI is InChI=1S/C17H17N3/c18-13-14-2-1-3-16(12-14)15-4-6-17(7-5-15)20-10-8-19-9-11-20/h1-7,12,19H,8-11H2. The fraction of sp³-hybridized carbons (Fsp3) is 0.235. The van der Waals surface area contributed by atoms with Crippen molar-refractivity contribution in [2.75, 3.05) is 31.1 Å². The first-order valence-corrected chi connectivity index (χ1v) is 6.93. The Bertz CT molecular complexity index is 619. The van der Waals surface area contributed by atoms with Crippen molar-refractivity contribution >= 4 is 5.69 Å². The van der Waals surface area contributed by atoms with Gasteiger partial charge in [-0.3, -0.25) is 0 Å². The number of nitrogens with zero attached hydrogens (tertiary/aromatic N) is 2. The molecule has 20 heavy (non-hydrogen) atoms. The molecule has 0 aliphatic carbocycles. The van der Waals surface area contributed by atoms with Crippen LogP contribution in [0.1, 0.15) is 5.56 Å². The van der Waals surface area contributed by atoms with Gasteiger partial charge in [0.25, 0.3) is 0 Å². The second-order valence-corrected chi connectivity index (χ2v) is 4.98. The fourth-order valence-electron chi connectivity index (χ4n) is 2.56. The van der Waals surface area contributed by atoms with Gasteiger partial charge in [-0.15, -0.1) is 0 Å². The highest BCUT2D eigenvalue weighted by atomic mass is 15.2. The van der Waals surface area contributed by atoms with E-state index in [1.165, 1.54) is 5.69 Å². The summed E-state index contributed by atoms with van der Waals surface area (Å²) in [6.45, 7) is 4.21. The van der Waals surface area contributed by atoms with Gasteiger partial charge in [0.2, 0.25) is 0 Å². The van der Waals surface area contributed by atoms with Crippen molar-refractivity contribution in [1.29, 1.82) is 5.26 Å². The molecule has 0 radical (unpaired) electrons. The quantitative estimate of drug-likeness (QED) is 0.905. The lowest BCUT2D eigenvalue weighted by molar-refractivity contribution is 0.589. The molecule has 0 saturated carbocycles. The molecule has 0 aromatic heterocycles. The van der Waals surface area contributed by atoms with E-state index in [0.717, 1.165) is 37.3 Å². The van der Waals surface area contributed by atoms with E-state index in [0.29, 0.717) is 5.56 Å². The van der Waals surface area contributed by atoms with Crippen molar-refractivity contribution in [1.82, 2.24) is 5.32 Å². The van der Waals surface area contributed by atoms with Crippen LogP contribution in [0.4, 0.5) is 5.69 Å². The summed E-state index contributed by atoms with van der Waals surface area (Å²) >= 11 is 0. The maximum Gasteiger partial charge on any atom is 0.0991 e. The summed E-state index contributed by atoms with van der Waals surface area (Å²) in [5, 5.41) is 12.3. The van der Waals surface area contributed by atoms with Crippen LogP contribution in [0.5, 0.6) is 0 Å². The predicted molar refractivity (Wildman–Crippen MR) is 81.7 cm³/mol. The summed E-state index contributed by atoms with van der Waals surface area (Å²) in [5.41, 5.74) is 4.22. The Morgan fingerprint density at radius 2 is 1.70 bits per heavy atom. The Morgan fingerprint density at radius 1 is 0.950 bits per heavy atom. The van der Waals surface area contributed by atoms with Crippen molar-refractivity contribution in [3.05, 3.63) is 54.1 Å². The van der Waals surface area contributed by atoms with E-state index in [1.807, 2.05) is 24.3 Å². The molecule has 3 rings (SSSR count). The molecule has 0 unspecified atom stereocenters. The second kappa shape index (κ2) is 5.77. The minimum Gasteiger partial charge on any atom is -0.369 e. The number of nitriles is 1. The summed E-state index contributed by atoms with van der Waals surface area (Å²) in [7, 11) is 0. The number of anilines is 1. The topological polar surface area (TPSA) is 39.1 Å². The van der Waals surface area contributed by atoms with Crippen LogP contribution in [0.15, 0.2) is 48.5 Å². The zero-order valence-corrected chi connectivity index (χ0v) is 11.3. The molecule has 1 aliphatic heterocycles. The molecular formula is C17H17N3. The van der Waals surface area contributed by atoms with E-state index < -0.39 is 0 Å². The molecule has 0 atom stereocenters. The van der Waals surface area contributed by atoms with Crippen molar-refractivity contribution in [3.63, 3.8) is 0 Å². The number of benzene rings is 2. The molecule has 0 bridgehead atoms. The van der Waals surface area contributed by atoms with E-state index in [2.05, 4.69) is 40.6 Å². The molecule has 1 aliphatic rings. The van der Waals surface area contributed by atoms with Crippen LogP contribution in [0.25, 0.3) is 11.1 Å². The molecule has 2 aromatic carbocycles. The molecule has 3 nitrogen and oxygen atoms in total. The molecule has 2 aromatic rings. The van der Waals surface area contributed by atoms with E-state index in [9.17, 15) is 0 Å². The van der Waals surface area contributed by atoms with Crippen LogP contribution in [0.3, 0.4) is 0 Å². The highest BCUT2D eigenvalue weighted by Crippen LogP contribution is 2.24. The summed E-state index contributed by atoms with van der Waals surface area (Å²) in [5.74, 6) is 0. The van der Waals surface area contributed by atoms with E-state index >= 15 is 0 Å². The minimum atomic E-state index is 0.702. The predicted octanol–water partition coefficient (Wildman–Crippen LogP) is 2.63. The number of nitrogens with one attached hydrogen (secondary N) is 1. The maximum absolute atomic E-state index is 8.96. The smallest absolute Gasteiger partial charge is 0.0991 e. The van der Waals surface area contributed by atoms with Crippen molar-refractivity contribution in [2.45, 2.75) is 0 Å². The van der Waals surface area contributed by atoms with Crippen LogP contribution in [-0.4, -0.2) is 26.2 Å². The first-order valence-electron chi connectivity index (χ1n) is 6.93. The number of hydrogen-bond acceptors (Lipinski definition) is 3. The van der Waals surface area contributed by atoms with Gasteiger partial charge in [0.05, 0.1) is 11.6 Å². The van der Waals surface area contributed by atoms with Gasteiger partial charge in [-0.1, -0.05) is 24.3 Å². The van der Waals surface area contributed by atoms with E-state index in [-0.39, 0.29) is 0 Å². The third kappa shape index (κ3) is 2.66. The molecule has 1 N–H and O–H groups in total. The molecule has 100 valence electrons. The number of piperazine rings is 1. The zero-order chi connectivity index (χ0) is 13.8. The molecule has 0 amide bonds. The Kier molecular flexibility index (Phi) is 3.67. The van der Waals surface area contributed by atoms with Crippen molar-refractivity contribution in [3.8, 4) is 17.2 Å². The van der Waals surface area contributed by atoms with Gasteiger partial charge in [0.15, 0.2) is 0 Å². The SMILES string of the molecule is N#Cc1cccc(-c2ccc(N3CCNCC3)cc2)c1. The van der Waals surface area contributed by atoms with Gasteiger partial charge < -0.3 is 10.2 Å². The van der Waals surface area contributed by atoms with Crippen LogP contribution < -0.4 is 10.2 Å². The molecule has 1 heterocycles. The number of rotatable bonds is 2. The Hall–Kier alpha value is -2.31. The third-order valence-electron chi connectivity index (χ3n) is 3.67. The van der Waals surface area contributed by atoms with Gasteiger partial charge in [-0.05, 0) is 35.4 Å².